The quantitative estimate of drug-likeness (QED) is 0.717. The van der Waals surface area contributed by atoms with Crippen LogP contribution in [-0.4, -0.2) is 27.3 Å². The molecule has 0 amide bonds. The maximum Gasteiger partial charge on any atom is 0.125 e. The summed E-state index contributed by atoms with van der Waals surface area (Å²) in [5.74, 6) is 0.220. The zero-order valence-electron chi connectivity index (χ0n) is 11.3. The summed E-state index contributed by atoms with van der Waals surface area (Å²) < 4.78 is 5.56. The second-order valence-corrected chi connectivity index (χ2v) is 4.97. The number of hydrogen-bond donors (Lipinski definition) is 3. The fraction of sp³-hybridized carbons (Fsp3) is 0.250. The first-order valence-electron chi connectivity index (χ1n) is 6.53. The molecule has 0 saturated carbocycles. The largest absolute Gasteiger partial charge is 0.507 e. The molecule has 0 heterocycles. The molecule has 3 N–H and O–H groups in total. The van der Waals surface area contributed by atoms with Crippen LogP contribution in [0.1, 0.15) is 17.2 Å². The third-order valence-corrected chi connectivity index (χ3v) is 3.41. The first kappa shape index (κ1) is 15.6. The minimum atomic E-state index is -1.23. The van der Waals surface area contributed by atoms with Gasteiger partial charge in [0.2, 0.25) is 0 Å². The van der Waals surface area contributed by atoms with Gasteiger partial charge in [-0.15, -0.1) is 11.6 Å². The molecule has 0 aliphatic heterocycles. The lowest BCUT2D eigenvalue weighted by Crippen LogP contribution is -2.19. The van der Waals surface area contributed by atoms with E-state index in [9.17, 15) is 15.3 Å². The molecule has 0 spiro atoms. The van der Waals surface area contributed by atoms with Crippen molar-refractivity contribution < 1.29 is 20.1 Å². The number of rotatable bonds is 6. The molecule has 112 valence electrons. The summed E-state index contributed by atoms with van der Waals surface area (Å²) in [5, 5.41) is 29.2. The van der Waals surface area contributed by atoms with E-state index in [1.54, 1.807) is 6.07 Å². The van der Waals surface area contributed by atoms with Crippen LogP contribution in [0.15, 0.2) is 48.5 Å². The van der Waals surface area contributed by atoms with Gasteiger partial charge in [-0.25, -0.2) is 0 Å². The average molecular weight is 309 g/mol. The lowest BCUT2D eigenvalue weighted by Gasteiger charge is -2.17. The minimum absolute atomic E-state index is 0.118. The number of ether oxygens (including phenoxy) is 1. The number of phenols is 1. The lowest BCUT2D eigenvalue weighted by atomic mass is 10.0. The number of aromatic hydroxyl groups is 1. The SMILES string of the molecule is Oc1cc(OCc2ccccc2)ccc1C(O)C(O)CCl. The Hall–Kier alpha value is -1.75. The van der Waals surface area contributed by atoms with Gasteiger partial charge in [-0.1, -0.05) is 30.3 Å². The maximum atomic E-state index is 9.91. The van der Waals surface area contributed by atoms with Gasteiger partial charge in [0.15, 0.2) is 0 Å². The molecule has 2 aromatic carbocycles. The number of aliphatic hydroxyl groups excluding tert-OH is 2. The van der Waals surface area contributed by atoms with Gasteiger partial charge in [0.1, 0.15) is 24.2 Å². The maximum absolute atomic E-state index is 9.91. The van der Waals surface area contributed by atoms with Crippen LogP contribution in [0.4, 0.5) is 0 Å². The molecule has 0 aromatic heterocycles. The van der Waals surface area contributed by atoms with Gasteiger partial charge < -0.3 is 20.1 Å². The zero-order valence-corrected chi connectivity index (χ0v) is 12.1. The van der Waals surface area contributed by atoms with E-state index in [0.717, 1.165) is 5.56 Å². The summed E-state index contributed by atoms with van der Waals surface area (Å²) in [6.45, 7) is 0.381. The second kappa shape index (κ2) is 7.31. The van der Waals surface area contributed by atoms with Crippen LogP contribution in [-0.2, 0) is 6.61 Å². The molecule has 0 bridgehead atoms. The first-order chi connectivity index (χ1) is 10.1. The van der Waals surface area contributed by atoms with Crippen molar-refractivity contribution in [1.29, 1.82) is 0 Å². The van der Waals surface area contributed by atoms with E-state index in [1.165, 1.54) is 12.1 Å². The second-order valence-electron chi connectivity index (χ2n) is 4.66. The topological polar surface area (TPSA) is 69.9 Å². The van der Waals surface area contributed by atoms with Gasteiger partial charge in [-0.2, -0.15) is 0 Å². The molecule has 0 fully saturated rings. The highest BCUT2D eigenvalue weighted by Gasteiger charge is 2.20. The van der Waals surface area contributed by atoms with E-state index >= 15 is 0 Å². The van der Waals surface area contributed by atoms with Crippen molar-refractivity contribution in [1.82, 2.24) is 0 Å². The zero-order chi connectivity index (χ0) is 15.2. The fourth-order valence-electron chi connectivity index (χ4n) is 1.90. The van der Waals surface area contributed by atoms with Crippen molar-refractivity contribution in [3.8, 4) is 11.5 Å². The van der Waals surface area contributed by atoms with Crippen molar-refractivity contribution in [2.24, 2.45) is 0 Å². The van der Waals surface area contributed by atoms with E-state index in [1.807, 2.05) is 30.3 Å². The molecule has 21 heavy (non-hydrogen) atoms. The highest BCUT2D eigenvalue weighted by atomic mass is 35.5. The molecule has 2 aromatic rings. The Morgan fingerprint density at radius 3 is 2.38 bits per heavy atom. The first-order valence-corrected chi connectivity index (χ1v) is 7.07. The summed E-state index contributed by atoms with van der Waals surface area (Å²) >= 11 is 5.48. The minimum Gasteiger partial charge on any atom is -0.507 e. The van der Waals surface area contributed by atoms with Crippen molar-refractivity contribution >= 4 is 11.6 Å². The smallest absolute Gasteiger partial charge is 0.125 e. The third-order valence-electron chi connectivity index (χ3n) is 3.09. The van der Waals surface area contributed by atoms with Gasteiger partial charge in [0, 0.05) is 11.6 Å². The molecular weight excluding hydrogens is 292 g/mol. The van der Waals surface area contributed by atoms with Gasteiger partial charge in [0.05, 0.1) is 12.0 Å². The summed E-state index contributed by atoms with van der Waals surface area (Å²) in [7, 11) is 0. The highest BCUT2D eigenvalue weighted by molar-refractivity contribution is 6.18. The van der Waals surface area contributed by atoms with Gasteiger partial charge >= 0.3 is 0 Å². The van der Waals surface area contributed by atoms with Crippen molar-refractivity contribution in [3.05, 3.63) is 59.7 Å². The molecule has 0 aliphatic carbocycles. The van der Waals surface area contributed by atoms with Crippen LogP contribution in [0.2, 0.25) is 0 Å². The molecule has 2 rings (SSSR count). The van der Waals surface area contributed by atoms with Crippen LogP contribution >= 0.6 is 11.6 Å². The van der Waals surface area contributed by atoms with E-state index in [2.05, 4.69) is 0 Å². The van der Waals surface area contributed by atoms with Gasteiger partial charge in [-0.3, -0.25) is 0 Å². The van der Waals surface area contributed by atoms with Crippen molar-refractivity contribution in [2.75, 3.05) is 5.88 Å². The highest BCUT2D eigenvalue weighted by Crippen LogP contribution is 2.30. The Kier molecular flexibility index (Phi) is 5.44. The molecule has 0 saturated heterocycles. The number of aliphatic hydroxyl groups is 2. The standard InChI is InChI=1S/C16H17ClO4/c17-9-15(19)16(20)13-7-6-12(8-14(13)18)21-10-11-4-2-1-3-5-11/h1-8,15-16,18-20H,9-10H2. The van der Waals surface area contributed by atoms with Crippen LogP contribution in [0.5, 0.6) is 11.5 Å². The van der Waals surface area contributed by atoms with Crippen molar-refractivity contribution in [3.63, 3.8) is 0 Å². The van der Waals surface area contributed by atoms with Crippen LogP contribution in [0.25, 0.3) is 0 Å². The average Bonchev–Trinajstić information content (AvgIpc) is 2.52. The van der Waals surface area contributed by atoms with Crippen LogP contribution < -0.4 is 4.74 Å². The lowest BCUT2D eigenvalue weighted by molar-refractivity contribution is 0.0312. The Balaban J connectivity index is 2.05. The van der Waals surface area contributed by atoms with Gasteiger partial charge in [0.25, 0.3) is 0 Å². The number of alkyl halides is 1. The normalized spacial score (nSPS) is 13.7. The molecule has 0 radical (unpaired) electrons. The predicted molar refractivity (Wildman–Crippen MR) is 80.6 cm³/mol. The number of halogens is 1. The summed E-state index contributed by atoms with van der Waals surface area (Å²) in [4.78, 5) is 0. The van der Waals surface area contributed by atoms with E-state index < -0.39 is 12.2 Å². The van der Waals surface area contributed by atoms with Crippen molar-refractivity contribution in [2.45, 2.75) is 18.8 Å². The molecule has 2 atom stereocenters. The van der Waals surface area contributed by atoms with Crippen LogP contribution in [0.3, 0.4) is 0 Å². The summed E-state index contributed by atoms with van der Waals surface area (Å²) in [6.07, 6.45) is -2.36. The van der Waals surface area contributed by atoms with Crippen LogP contribution in [0, 0.1) is 0 Å². The summed E-state index contributed by atoms with van der Waals surface area (Å²) in [6, 6.07) is 14.2. The summed E-state index contributed by atoms with van der Waals surface area (Å²) in [5.41, 5.74) is 1.23. The Morgan fingerprint density at radius 2 is 1.76 bits per heavy atom. The predicted octanol–water partition coefficient (Wildman–Crippen LogP) is 2.60. The fourth-order valence-corrected chi connectivity index (χ4v) is 2.06. The van der Waals surface area contributed by atoms with E-state index in [4.69, 9.17) is 16.3 Å². The molecule has 5 heteroatoms. The van der Waals surface area contributed by atoms with E-state index in [-0.39, 0.29) is 17.2 Å². The molecule has 4 nitrogen and oxygen atoms in total. The van der Waals surface area contributed by atoms with Gasteiger partial charge in [-0.05, 0) is 17.7 Å². The Bertz CT molecular complexity index is 574. The molecular formula is C16H17ClO4. The number of hydrogen-bond acceptors (Lipinski definition) is 4. The number of benzene rings is 2. The monoisotopic (exact) mass is 308 g/mol. The molecule has 2 unspecified atom stereocenters. The Morgan fingerprint density at radius 1 is 1.05 bits per heavy atom. The number of phenolic OH excluding ortho intramolecular Hbond substituents is 1. The third kappa shape index (κ3) is 4.11. The Labute approximate surface area is 128 Å². The molecule has 0 aliphatic rings. The van der Waals surface area contributed by atoms with E-state index in [0.29, 0.717) is 12.4 Å².